The lowest BCUT2D eigenvalue weighted by Gasteiger charge is -2.29. The van der Waals surface area contributed by atoms with Crippen LogP contribution in [-0.4, -0.2) is 4.57 Å². The topological polar surface area (TPSA) is 21.3 Å². The Morgan fingerprint density at radius 3 is 1.86 bits per heavy atom. The number of anilines is 3. The molecule has 0 unspecified atom stereocenters. The summed E-state index contributed by atoms with van der Waals surface area (Å²) in [6, 6.07) is 79.6. The Balaban J connectivity index is 0.965. The van der Waals surface area contributed by atoms with E-state index in [1.54, 1.807) is 0 Å². The van der Waals surface area contributed by atoms with E-state index in [1.807, 2.05) is 0 Å². The van der Waals surface area contributed by atoms with Crippen molar-refractivity contribution >= 4 is 71.6 Å². The number of fused-ring (bicyclic) bond motifs is 11. The third-order valence-electron chi connectivity index (χ3n) is 13.8. The molecule has 0 radical (unpaired) electrons. The van der Waals surface area contributed by atoms with E-state index in [-0.39, 0.29) is 5.41 Å². The molecule has 3 heteroatoms. The van der Waals surface area contributed by atoms with Crippen LogP contribution in [0.2, 0.25) is 0 Å². The number of hydrogen-bond acceptors (Lipinski definition) is 2. The third-order valence-corrected chi connectivity index (χ3v) is 13.8. The molecule has 0 fully saturated rings. The van der Waals surface area contributed by atoms with E-state index < -0.39 is 0 Å². The van der Waals surface area contributed by atoms with E-state index in [4.69, 9.17) is 4.42 Å². The molecule has 1 aliphatic carbocycles. The van der Waals surface area contributed by atoms with Gasteiger partial charge in [0.1, 0.15) is 11.2 Å². The molecule has 2 aromatic heterocycles. The Labute approximate surface area is 371 Å². The van der Waals surface area contributed by atoms with Crippen molar-refractivity contribution in [1.29, 1.82) is 0 Å². The molecular weight excluding hydrogens is 777 g/mol. The minimum Gasteiger partial charge on any atom is -0.455 e. The minimum absolute atomic E-state index is 0.137. The minimum atomic E-state index is -0.137. The van der Waals surface area contributed by atoms with Gasteiger partial charge in [-0.05, 0) is 99.4 Å². The van der Waals surface area contributed by atoms with Crippen LogP contribution in [0.15, 0.2) is 223 Å². The van der Waals surface area contributed by atoms with Crippen LogP contribution in [0.5, 0.6) is 0 Å². The summed E-state index contributed by atoms with van der Waals surface area (Å²) < 4.78 is 9.25. The first kappa shape index (κ1) is 36.5. The number of para-hydroxylation sites is 3. The van der Waals surface area contributed by atoms with Crippen LogP contribution < -0.4 is 4.90 Å². The van der Waals surface area contributed by atoms with Crippen molar-refractivity contribution in [3.05, 3.63) is 230 Å². The van der Waals surface area contributed by atoms with Gasteiger partial charge in [0.15, 0.2) is 0 Å². The van der Waals surface area contributed by atoms with Crippen LogP contribution in [0, 0.1) is 0 Å². The van der Waals surface area contributed by atoms with Gasteiger partial charge in [0.2, 0.25) is 0 Å². The Morgan fingerprint density at radius 2 is 1.03 bits per heavy atom. The molecule has 0 N–H and O–H groups in total. The molecule has 0 atom stereocenters. The summed E-state index contributed by atoms with van der Waals surface area (Å²) in [6.45, 7) is 4.71. The van der Waals surface area contributed by atoms with Crippen molar-refractivity contribution in [3.8, 4) is 39.1 Å². The fraction of sp³-hybridized carbons (Fsp3) is 0.0492. The first-order valence-corrected chi connectivity index (χ1v) is 22.2. The number of furan rings is 1. The van der Waals surface area contributed by atoms with Crippen LogP contribution in [0.25, 0.3) is 93.6 Å². The third kappa shape index (κ3) is 5.41. The predicted molar refractivity (Wildman–Crippen MR) is 269 cm³/mol. The molecule has 0 saturated carbocycles. The largest absolute Gasteiger partial charge is 0.455 e. The highest BCUT2D eigenvalue weighted by Crippen LogP contribution is 2.54. The SMILES string of the molecule is CC1(C)c2ccccc2-c2c(N(c3ccc(-c4cccc(-n5c6ccccc6c6ccccc65)c4)cc3)c3cccc(-c4cccc5c4oc4c6ccccc6ccc54)c3)cccc21. The lowest BCUT2D eigenvalue weighted by molar-refractivity contribution is 0.660. The average molecular weight is 819 g/mol. The molecule has 0 aliphatic heterocycles. The quantitative estimate of drug-likeness (QED) is 0.167. The van der Waals surface area contributed by atoms with Crippen molar-refractivity contribution < 1.29 is 4.42 Å². The van der Waals surface area contributed by atoms with E-state index in [9.17, 15) is 0 Å². The summed E-state index contributed by atoms with van der Waals surface area (Å²) in [5.41, 5.74) is 18.3. The zero-order valence-electron chi connectivity index (χ0n) is 35.6. The van der Waals surface area contributed by atoms with E-state index in [1.165, 1.54) is 55.0 Å². The Kier molecular flexibility index (Phi) is 7.95. The molecule has 0 saturated heterocycles. The summed E-state index contributed by atoms with van der Waals surface area (Å²) >= 11 is 0. The maximum absolute atomic E-state index is 6.86. The van der Waals surface area contributed by atoms with Gasteiger partial charge in [-0.25, -0.2) is 0 Å². The summed E-state index contributed by atoms with van der Waals surface area (Å²) in [6.07, 6.45) is 0. The predicted octanol–water partition coefficient (Wildman–Crippen LogP) is 16.9. The number of nitrogens with zero attached hydrogens (tertiary/aromatic N) is 2. The number of benzene rings is 10. The molecular formula is C61H42N2O. The van der Waals surface area contributed by atoms with Gasteiger partial charge in [-0.1, -0.05) is 172 Å². The van der Waals surface area contributed by atoms with E-state index in [2.05, 4.69) is 242 Å². The molecule has 3 nitrogen and oxygen atoms in total. The standard InChI is InChI=1S/C61H42N2O/c1-61(2)53-26-8-5-23-52(53)58-54(61)27-14-30-57(58)62(44-18-12-17-42(38-44)47-24-13-25-50-51-36-33-40-15-3-4-20-46(40)59(51)64-60(47)50)43-34-31-39(32-35-43)41-16-11-19-45(37-41)63-55-28-9-6-21-48(55)49-22-7-10-29-56(49)63/h3-38H,1-2H3. The first-order valence-electron chi connectivity index (χ1n) is 22.2. The van der Waals surface area contributed by atoms with E-state index in [0.29, 0.717) is 0 Å². The van der Waals surface area contributed by atoms with Gasteiger partial charge in [-0.15, -0.1) is 0 Å². The molecule has 10 aromatic carbocycles. The monoisotopic (exact) mass is 818 g/mol. The second-order valence-electron chi connectivity index (χ2n) is 17.7. The summed E-state index contributed by atoms with van der Waals surface area (Å²) in [4.78, 5) is 2.45. The molecule has 302 valence electrons. The highest BCUT2D eigenvalue weighted by molar-refractivity contribution is 6.17. The van der Waals surface area contributed by atoms with E-state index in [0.717, 1.165) is 66.8 Å². The molecule has 2 heterocycles. The van der Waals surface area contributed by atoms with E-state index >= 15 is 0 Å². The van der Waals surface area contributed by atoms with Gasteiger partial charge in [0.25, 0.3) is 0 Å². The van der Waals surface area contributed by atoms with Gasteiger partial charge < -0.3 is 13.9 Å². The second-order valence-corrected chi connectivity index (χ2v) is 17.7. The molecule has 1 aliphatic rings. The van der Waals surface area contributed by atoms with Gasteiger partial charge >= 0.3 is 0 Å². The zero-order chi connectivity index (χ0) is 42.5. The van der Waals surface area contributed by atoms with Crippen molar-refractivity contribution in [2.45, 2.75) is 19.3 Å². The summed E-state index contributed by atoms with van der Waals surface area (Å²) in [5.74, 6) is 0. The maximum atomic E-state index is 6.86. The number of aromatic nitrogens is 1. The van der Waals surface area contributed by atoms with Crippen LogP contribution in [0.1, 0.15) is 25.0 Å². The molecule has 13 rings (SSSR count). The van der Waals surface area contributed by atoms with Crippen molar-refractivity contribution in [1.82, 2.24) is 4.57 Å². The normalized spacial score (nSPS) is 13.0. The molecule has 0 bridgehead atoms. The smallest absolute Gasteiger partial charge is 0.143 e. The van der Waals surface area contributed by atoms with Gasteiger partial charge in [0, 0.05) is 60.5 Å². The van der Waals surface area contributed by atoms with Crippen molar-refractivity contribution in [2.24, 2.45) is 0 Å². The van der Waals surface area contributed by atoms with Crippen LogP contribution in [0.4, 0.5) is 17.1 Å². The Bertz CT molecular complexity index is 3770. The molecule has 0 amide bonds. The van der Waals surface area contributed by atoms with Crippen molar-refractivity contribution in [2.75, 3.05) is 4.90 Å². The van der Waals surface area contributed by atoms with Gasteiger partial charge in [0.05, 0.1) is 16.7 Å². The van der Waals surface area contributed by atoms with Crippen LogP contribution in [-0.2, 0) is 5.41 Å². The molecule has 64 heavy (non-hydrogen) atoms. The summed E-state index contributed by atoms with van der Waals surface area (Å²) in [7, 11) is 0. The van der Waals surface area contributed by atoms with Crippen LogP contribution >= 0.6 is 0 Å². The lowest BCUT2D eigenvalue weighted by atomic mass is 9.82. The highest BCUT2D eigenvalue weighted by Gasteiger charge is 2.37. The van der Waals surface area contributed by atoms with Crippen molar-refractivity contribution in [3.63, 3.8) is 0 Å². The first-order chi connectivity index (χ1) is 31.5. The van der Waals surface area contributed by atoms with Gasteiger partial charge in [-0.2, -0.15) is 0 Å². The number of hydrogen-bond donors (Lipinski definition) is 0. The van der Waals surface area contributed by atoms with Crippen LogP contribution in [0.3, 0.4) is 0 Å². The highest BCUT2D eigenvalue weighted by atomic mass is 16.3. The molecule has 0 spiro atoms. The maximum Gasteiger partial charge on any atom is 0.143 e. The zero-order valence-corrected chi connectivity index (χ0v) is 35.6. The Morgan fingerprint density at radius 1 is 0.406 bits per heavy atom. The fourth-order valence-electron chi connectivity index (χ4n) is 10.7. The fourth-order valence-corrected chi connectivity index (χ4v) is 10.7. The average Bonchev–Trinajstić information content (AvgIpc) is 3.98. The number of rotatable bonds is 6. The summed E-state index contributed by atoms with van der Waals surface area (Å²) in [5, 5.41) is 7.09. The second kappa shape index (κ2) is 13.9. The Hall–Kier alpha value is -8.14. The molecule has 12 aromatic rings. The van der Waals surface area contributed by atoms with Gasteiger partial charge in [-0.3, -0.25) is 0 Å². The lowest BCUT2D eigenvalue weighted by Crippen LogP contribution is -2.16.